The number of sulfonamides is 1. The van der Waals surface area contributed by atoms with Crippen molar-refractivity contribution in [2.24, 2.45) is 0 Å². The molecule has 0 bridgehead atoms. The van der Waals surface area contributed by atoms with Crippen molar-refractivity contribution in [1.29, 1.82) is 0 Å². The largest absolute Gasteiger partial charge is 0.354 e. The molecule has 168 valence electrons. The molecule has 32 heavy (non-hydrogen) atoms. The summed E-state index contributed by atoms with van der Waals surface area (Å²) < 4.78 is 27.9. The van der Waals surface area contributed by atoms with Crippen LogP contribution in [0.2, 0.25) is 5.02 Å². The quantitative estimate of drug-likeness (QED) is 0.337. The second-order valence-corrected chi connectivity index (χ2v) is 10.7. The summed E-state index contributed by atoms with van der Waals surface area (Å²) in [5, 5.41) is 3.27. The van der Waals surface area contributed by atoms with Crippen molar-refractivity contribution in [3.63, 3.8) is 0 Å². The average molecular weight is 489 g/mol. The molecule has 0 aromatic heterocycles. The summed E-state index contributed by atoms with van der Waals surface area (Å²) in [6, 6.07) is 21.2. The molecule has 0 unspecified atom stereocenters. The maximum atomic E-state index is 13.4. The number of halogens is 1. The molecule has 8 heteroatoms. The Bertz CT molecular complexity index is 1160. The highest BCUT2D eigenvalue weighted by Gasteiger charge is 2.28. The van der Waals surface area contributed by atoms with E-state index in [9.17, 15) is 13.2 Å². The fourth-order valence-corrected chi connectivity index (χ4v) is 5.44. The Labute approximate surface area is 198 Å². The van der Waals surface area contributed by atoms with Gasteiger partial charge < -0.3 is 5.32 Å². The van der Waals surface area contributed by atoms with Crippen molar-refractivity contribution in [2.45, 2.75) is 23.6 Å². The highest BCUT2D eigenvalue weighted by atomic mass is 35.5. The first-order valence-corrected chi connectivity index (χ1v) is 12.9. The number of anilines is 1. The summed E-state index contributed by atoms with van der Waals surface area (Å²) >= 11 is 7.55. The van der Waals surface area contributed by atoms with E-state index in [0.29, 0.717) is 23.0 Å². The number of amides is 1. The minimum atomic E-state index is -3.96. The molecule has 3 aromatic rings. The highest BCUT2D eigenvalue weighted by molar-refractivity contribution is 7.99. The van der Waals surface area contributed by atoms with Gasteiger partial charge in [0.1, 0.15) is 6.54 Å². The van der Waals surface area contributed by atoms with Crippen LogP contribution in [0.15, 0.2) is 82.6 Å². The standard InChI is InChI=1S/C24H25ClN2O3S2/c1-18-7-11-21(12-8-18)31-16-15-26-24(28)17-27(23-6-4-3-5-19(23)2)32(29,30)22-13-9-20(25)10-14-22/h3-14H,15-17H2,1-2H3,(H,26,28). The molecule has 0 aliphatic rings. The molecular weight excluding hydrogens is 464 g/mol. The molecule has 0 atom stereocenters. The van der Waals surface area contributed by atoms with E-state index in [-0.39, 0.29) is 17.3 Å². The third-order valence-corrected chi connectivity index (χ3v) is 7.83. The zero-order chi connectivity index (χ0) is 23.1. The lowest BCUT2D eigenvalue weighted by Gasteiger charge is -2.25. The molecule has 0 saturated heterocycles. The van der Waals surface area contributed by atoms with E-state index in [2.05, 4.69) is 5.32 Å². The van der Waals surface area contributed by atoms with Gasteiger partial charge in [-0.15, -0.1) is 11.8 Å². The van der Waals surface area contributed by atoms with Crippen molar-refractivity contribution in [3.05, 3.63) is 88.9 Å². The predicted molar refractivity (Wildman–Crippen MR) is 132 cm³/mol. The summed E-state index contributed by atoms with van der Waals surface area (Å²) in [5.74, 6) is 0.318. The van der Waals surface area contributed by atoms with E-state index < -0.39 is 10.0 Å². The number of benzene rings is 3. The van der Waals surface area contributed by atoms with Gasteiger partial charge in [-0.25, -0.2) is 8.42 Å². The SMILES string of the molecule is Cc1ccc(SCCNC(=O)CN(c2ccccc2C)S(=O)(=O)c2ccc(Cl)cc2)cc1. The lowest BCUT2D eigenvalue weighted by atomic mass is 10.2. The van der Waals surface area contributed by atoms with Gasteiger partial charge in [0.25, 0.3) is 10.0 Å². The first-order valence-electron chi connectivity index (χ1n) is 10.1. The third kappa shape index (κ3) is 6.28. The van der Waals surface area contributed by atoms with E-state index in [1.165, 1.54) is 29.8 Å². The number of rotatable bonds is 9. The van der Waals surface area contributed by atoms with Crippen LogP contribution < -0.4 is 9.62 Å². The van der Waals surface area contributed by atoms with Crippen LogP contribution in [0.3, 0.4) is 0 Å². The first kappa shape index (κ1) is 24.2. The molecule has 5 nitrogen and oxygen atoms in total. The number of para-hydroxylation sites is 1. The molecule has 3 aromatic carbocycles. The van der Waals surface area contributed by atoms with Crippen LogP contribution >= 0.6 is 23.4 Å². The summed E-state index contributed by atoms with van der Waals surface area (Å²) in [6.45, 7) is 3.97. The van der Waals surface area contributed by atoms with Gasteiger partial charge >= 0.3 is 0 Å². The van der Waals surface area contributed by atoms with Gasteiger partial charge in [0, 0.05) is 22.2 Å². The van der Waals surface area contributed by atoms with E-state index >= 15 is 0 Å². The highest BCUT2D eigenvalue weighted by Crippen LogP contribution is 2.27. The number of thioether (sulfide) groups is 1. The number of carbonyl (C=O) groups is 1. The summed E-state index contributed by atoms with van der Waals surface area (Å²) in [7, 11) is -3.96. The van der Waals surface area contributed by atoms with Crippen LogP contribution in [0.25, 0.3) is 0 Å². The smallest absolute Gasteiger partial charge is 0.264 e. The molecule has 0 aliphatic carbocycles. The third-order valence-electron chi connectivity index (χ3n) is 4.79. The summed E-state index contributed by atoms with van der Waals surface area (Å²) in [6.07, 6.45) is 0. The molecule has 1 N–H and O–H groups in total. The number of nitrogens with zero attached hydrogens (tertiary/aromatic N) is 1. The van der Waals surface area contributed by atoms with Crippen molar-refractivity contribution in [3.8, 4) is 0 Å². The Kier molecular flexibility index (Phi) is 8.23. The van der Waals surface area contributed by atoms with E-state index in [4.69, 9.17) is 11.6 Å². The molecule has 0 fully saturated rings. The van der Waals surface area contributed by atoms with Crippen molar-refractivity contribution in [2.75, 3.05) is 23.1 Å². The van der Waals surface area contributed by atoms with Gasteiger partial charge in [-0.3, -0.25) is 9.10 Å². The molecule has 0 spiro atoms. The molecule has 0 saturated carbocycles. The maximum Gasteiger partial charge on any atom is 0.264 e. The Hall–Kier alpha value is -2.48. The van der Waals surface area contributed by atoms with Crippen LogP contribution in [-0.4, -0.2) is 33.2 Å². The molecule has 3 rings (SSSR count). The Morgan fingerprint density at radius 1 is 0.969 bits per heavy atom. The molecule has 0 aliphatic heterocycles. The zero-order valence-electron chi connectivity index (χ0n) is 17.9. The van der Waals surface area contributed by atoms with Crippen molar-refractivity contribution < 1.29 is 13.2 Å². The van der Waals surface area contributed by atoms with E-state index in [0.717, 1.165) is 14.8 Å². The number of hydrogen-bond donors (Lipinski definition) is 1. The fraction of sp³-hybridized carbons (Fsp3) is 0.208. The van der Waals surface area contributed by atoms with Gasteiger partial charge in [-0.2, -0.15) is 0 Å². The monoisotopic (exact) mass is 488 g/mol. The Morgan fingerprint density at radius 2 is 1.62 bits per heavy atom. The minimum absolute atomic E-state index is 0.0767. The topological polar surface area (TPSA) is 66.5 Å². The second kappa shape index (κ2) is 10.9. The normalized spacial score (nSPS) is 11.2. The van der Waals surface area contributed by atoms with Crippen LogP contribution in [0, 0.1) is 13.8 Å². The van der Waals surface area contributed by atoms with E-state index in [1.54, 1.807) is 23.9 Å². The van der Waals surface area contributed by atoms with Gasteiger partial charge in [-0.1, -0.05) is 47.5 Å². The van der Waals surface area contributed by atoms with Crippen molar-refractivity contribution >= 4 is 45.0 Å². The Balaban J connectivity index is 1.71. The molecular formula is C24H25ClN2O3S2. The summed E-state index contributed by atoms with van der Waals surface area (Å²) in [5.41, 5.74) is 2.42. The first-order chi connectivity index (χ1) is 15.3. The lowest BCUT2D eigenvalue weighted by Crippen LogP contribution is -2.41. The number of aryl methyl sites for hydroxylation is 2. The van der Waals surface area contributed by atoms with Crippen LogP contribution in [-0.2, 0) is 14.8 Å². The number of carbonyl (C=O) groups excluding carboxylic acids is 1. The van der Waals surface area contributed by atoms with Gasteiger partial charge in [0.05, 0.1) is 10.6 Å². The van der Waals surface area contributed by atoms with E-state index in [1.807, 2.05) is 50.2 Å². The predicted octanol–water partition coefficient (Wildman–Crippen LogP) is 5.06. The molecule has 0 radical (unpaired) electrons. The van der Waals surface area contributed by atoms with Gasteiger partial charge in [0.2, 0.25) is 5.91 Å². The van der Waals surface area contributed by atoms with Crippen molar-refractivity contribution in [1.82, 2.24) is 5.32 Å². The van der Waals surface area contributed by atoms with Gasteiger partial charge in [0.15, 0.2) is 0 Å². The maximum absolute atomic E-state index is 13.4. The summed E-state index contributed by atoms with van der Waals surface area (Å²) in [4.78, 5) is 13.9. The van der Waals surface area contributed by atoms with Gasteiger partial charge in [-0.05, 0) is 61.9 Å². The zero-order valence-corrected chi connectivity index (χ0v) is 20.3. The average Bonchev–Trinajstić information content (AvgIpc) is 2.77. The van der Waals surface area contributed by atoms with Crippen LogP contribution in [0.5, 0.6) is 0 Å². The molecule has 0 heterocycles. The minimum Gasteiger partial charge on any atom is -0.354 e. The van der Waals surface area contributed by atoms with Crippen LogP contribution in [0.4, 0.5) is 5.69 Å². The lowest BCUT2D eigenvalue weighted by molar-refractivity contribution is -0.119. The fourth-order valence-electron chi connectivity index (χ4n) is 3.06. The Morgan fingerprint density at radius 3 is 2.28 bits per heavy atom. The van der Waals surface area contributed by atoms with Crippen LogP contribution in [0.1, 0.15) is 11.1 Å². The second-order valence-electron chi connectivity index (χ2n) is 7.26. The molecule has 1 amide bonds. The number of hydrogen-bond acceptors (Lipinski definition) is 4. The number of nitrogens with one attached hydrogen (secondary N) is 1.